The van der Waals surface area contributed by atoms with Gasteiger partial charge in [-0.2, -0.15) is 13.2 Å². The van der Waals surface area contributed by atoms with E-state index in [1.807, 2.05) is 25.8 Å². The van der Waals surface area contributed by atoms with Gasteiger partial charge in [0.05, 0.1) is 6.61 Å². The summed E-state index contributed by atoms with van der Waals surface area (Å²) in [5.74, 6) is -3.01. The predicted molar refractivity (Wildman–Crippen MR) is 176 cm³/mol. The Morgan fingerprint density at radius 1 is 0.725 bits per heavy atom. The summed E-state index contributed by atoms with van der Waals surface area (Å²) in [6.45, 7) is 13.6. The largest absolute Gasteiger partial charge is 0.456 e. The molecule has 9 fully saturated rings. The molecule has 290 valence electrons. The van der Waals surface area contributed by atoms with E-state index >= 15 is 0 Å². The van der Waals surface area contributed by atoms with Crippen LogP contribution >= 0.6 is 0 Å². The van der Waals surface area contributed by atoms with Crippen molar-refractivity contribution in [2.75, 3.05) is 26.7 Å². The molecule has 0 radical (unpaired) electrons. The number of rotatable bonds is 9. The summed E-state index contributed by atoms with van der Waals surface area (Å²) in [5, 5.41) is 0. The van der Waals surface area contributed by atoms with Gasteiger partial charge in [0.15, 0.2) is 23.3 Å². The zero-order valence-corrected chi connectivity index (χ0v) is 31.4. The van der Waals surface area contributed by atoms with Crippen molar-refractivity contribution in [3.63, 3.8) is 0 Å². The molecule has 2 spiro atoms. The lowest BCUT2D eigenvalue weighted by Gasteiger charge is -2.62. The third-order valence-corrected chi connectivity index (χ3v) is 14.5. The van der Waals surface area contributed by atoms with Crippen LogP contribution in [0.1, 0.15) is 112 Å². The normalized spacial score (nSPS) is 50.4. The van der Waals surface area contributed by atoms with E-state index in [4.69, 9.17) is 43.2 Å². The highest BCUT2D eigenvalue weighted by molar-refractivity contribution is 5.29. The van der Waals surface area contributed by atoms with E-state index in [0.29, 0.717) is 37.8 Å². The third-order valence-electron chi connectivity index (χ3n) is 14.5. The summed E-state index contributed by atoms with van der Waals surface area (Å²) >= 11 is 0. The van der Waals surface area contributed by atoms with E-state index in [1.54, 1.807) is 6.92 Å². The van der Waals surface area contributed by atoms with Gasteiger partial charge in [0.1, 0.15) is 0 Å². The Morgan fingerprint density at radius 3 is 2.04 bits per heavy atom. The first kappa shape index (κ1) is 36.9. The zero-order chi connectivity index (χ0) is 36.2. The van der Waals surface area contributed by atoms with Gasteiger partial charge in [0.25, 0.3) is 0 Å². The van der Waals surface area contributed by atoms with Crippen LogP contribution in [0.25, 0.3) is 0 Å². The number of hydrogen-bond donors (Lipinski definition) is 0. The highest BCUT2D eigenvalue weighted by Gasteiger charge is 2.72. The average molecular weight is 730 g/mol. The minimum atomic E-state index is -4.65. The Hall–Kier alpha value is -1.03. The fourth-order valence-electron chi connectivity index (χ4n) is 11.5. The maximum atomic E-state index is 14.6. The van der Waals surface area contributed by atoms with Crippen LogP contribution in [-0.4, -0.2) is 79.0 Å². The molecule has 14 atom stereocenters. The molecule has 8 aliphatic heterocycles. The second-order valence-electron chi connectivity index (χ2n) is 17.8. The van der Waals surface area contributed by atoms with Gasteiger partial charge in [0.2, 0.25) is 23.6 Å². The van der Waals surface area contributed by atoms with Crippen molar-refractivity contribution in [2.24, 2.45) is 41.4 Å². The van der Waals surface area contributed by atoms with Crippen LogP contribution in [0.4, 0.5) is 13.2 Å². The Morgan fingerprint density at radius 2 is 1.35 bits per heavy atom. The molecule has 51 heavy (non-hydrogen) atoms. The van der Waals surface area contributed by atoms with Crippen LogP contribution in [0.3, 0.4) is 0 Å². The lowest BCUT2D eigenvalue weighted by Crippen LogP contribution is -2.72. The summed E-state index contributed by atoms with van der Waals surface area (Å²) in [6, 6.07) is 0. The van der Waals surface area contributed by atoms with E-state index in [1.165, 1.54) is 0 Å². The van der Waals surface area contributed by atoms with Crippen LogP contribution in [0.5, 0.6) is 0 Å². The smallest absolute Gasteiger partial charge is 0.449 e. The van der Waals surface area contributed by atoms with E-state index in [0.717, 1.165) is 57.8 Å². The first-order valence-corrected chi connectivity index (χ1v) is 19.6. The van der Waals surface area contributed by atoms with Crippen molar-refractivity contribution in [1.29, 1.82) is 0 Å². The maximum absolute atomic E-state index is 14.6. The van der Waals surface area contributed by atoms with Gasteiger partial charge < -0.3 is 28.6 Å². The fraction of sp³-hybridized carbons (Fsp3) is 0.947. The second kappa shape index (κ2) is 12.8. The number of allylic oxidation sites excluding steroid dienone is 1. The number of halogens is 3. The molecule has 10 rings (SSSR count). The number of likely N-dealkylation sites (N-methyl/N-ethyl adjacent to an activating group) is 1. The molecule has 2 aliphatic carbocycles. The predicted octanol–water partition coefficient (Wildman–Crippen LogP) is 7.77. The Labute approximate surface area is 300 Å². The Kier molecular flexibility index (Phi) is 9.24. The van der Waals surface area contributed by atoms with Crippen LogP contribution < -0.4 is 0 Å². The van der Waals surface area contributed by atoms with Crippen molar-refractivity contribution in [3.8, 4) is 0 Å². The summed E-state index contributed by atoms with van der Waals surface area (Å²) in [6.07, 6.45) is 2.62. The summed E-state index contributed by atoms with van der Waals surface area (Å²) < 4.78 is 75.6. The van der Waals surface area contributed by atoms with Crippen molar-refractivity contribution < 1.29 is 56.4 Å². The topological polar surface area (TPSA) is 86.3 Å². The standard InChI is InChI=1S/C38H58F3NO9/c1-22-11-13-28-24(3)35(6,47-32-36(28)26(22)15-18-34(5,46-32)49-50-36)43-20-10-8-9-19-42(7)21-25-29-14-12-23(2)27-16-17-33(4)45-31(37(27,29)51-48-33)44-30(25)38(39,40)41/h22-24,26-29,31-32H,8-21H2,1-7H3/t22-,23-,24-,26?,27?,28+,29+,31-,32+,33-,34+,35+,36-,37-/m1/s1. The molecule has 2 unspecified atom stereocenters. The van der Waals surface area contributed by atoms with E-state index in [2.05, 4.69) is 20.8 Å². The maximum Gasteiger partial charge on any atom is 0.449 e. The van der Waals surface area contributed by atoms with Crippen LogP contribution in [0.2, 0.25) is 0 Å². The third kappa shape index (κ3) is 5.84. The van der Waals surface area contributed by atoms with E-state index < -0.39 is 59.0 Å². The second-order valence-corrected chi connectivity index (χ2v) is 17.8. The molecule has 8 heterocycles. The summed E-state index contributed by atoms with van der Waals surface area (Å²) in [7, 11) is 1.88. The molecular weight excluding hydrogens is 671 g/mol. The molecule has 0 N–H and O–H groups in total. The molecule has 0 aromatic rings. The molecule has 2 saturated carbocycles. The first-order chi connectivity index (χ1) is 24.0. The lowest BCUT2D eigenvalue weighted by atomic mass is 9.57. The Balaban J connectivity index is 0.889. The average Bonchev–Trinajstić information content (AvgIpc) is 3.44. The first-order valence-electron chi connectivity index (χ1n) is 19.6. The number of nitrogens with zero attached hydrogens (tertiary/aromatic N) is 1. The molecule has 0 aromatic carbocycles. The van der Waals surface area contributed by atoms with E-state index in [9.17, 15) is 13.2 Å². The van der Waals surface area contributed by atoms with Gasteiger partial charge >= 0.3 is 6.18 Å². The Bertz CT molecular complexity index is 1370. The van der Waals surface area contributed by atoms with Crippen molar-refractivity contribution in [2.45, 2.75) is 159 Å². The molecule has 0 amide bonds. The lowest BCUT2D eigenvalue weighted by molar-refractivity contribution is -0.585. The van der Waals surface area contributed by atoms with Crippen LogP contribution in [-0.2, 0) is 43.2 Å². The minimum Gasteiger partial charge on any atom is -0.456 e. The molecular formula is C38H58F3NO9. The molecule has 13 heteroatoms. The van der Waals surface area contributed by atoms with Crippen molar-refractivity contribution in [1.82, 2.24) is 4.90 Å². The van der Waals surface area contributed by atoms with Gasteiger partial charge in [-0.1, -0.05) is 20.8 Å². The number of alkyl halides is 3. The van der Waals surface area contributed by atoms with Gasteiger partial charge in [-0.3, -0.25) is 0 Å². The van der Waals surface area contributed by atoms with Gasteiger partial charge in [0, 0.05) is 43.1 Å². The summed E-state index contributed by atoms with van der Waals surface area (Å²) in [4.78, 5) is 26.1. The molecule has 10 aliphatic rings. The molecule has 7 saturated heterocycles. The minimum absolute atomic E-state index is 0.0276. The number of ether oxygens (including phenoxy) is 5. The molecule has 4 bridgehead atoms. The zero-order valence-electron chi connectivity index (χ0n) is 31.4. The van der Waals surface area contributed by atoms with Gasteiger partial charge in [-0.05, 0) is 115 Å². The number of hydrogen-bond acceptors (Lipinski definition) is 10. The SMILES string of the molecule is C[C@@H]1CC[C@H]2C(CN(C)CCCCCO[C@@]3(C)O[C@@H]4O[C@]5(C)CCC6[C@H](C)CC[C@@H]([C@H]3C)[C@]64OO5)=C(C(F)(F)F)O[C@@H]3O[C@@]4(C)CCC1[C@]32OO4. The van der Waals surface area contributed by atoms with E-state index in [-0.39, 0.29) is 35.8 Å². The number of fused-ring (bicyclic) bond motifs is 4. The van der Waals surface area contributed by atoms with Gasteiger partial charge in [-0.15, -0.1) is 0 Å². The van der Waals surface area contributed by atoms with Crippen LogP contribution in [0.15, 0.2) is 11.3 Å². The highest BCUT2D eigenvalue weighted by Crippen LogP contribution is 2.63. The monoisotopic (exact) mass is 729 g/mol. The highest BCUT2D eigenvalue weighted by atomic mass is 19.4. The van der Waals surface area contributed by atoms with Crippen molar-refractivity contribution in [3.05, 3.63) is 11.3 Å². The number of unbranched alkanes of at least 4 members (excludes halogenated alkanes) is 2. The summed E-state index contributed by atoms with van der Waals surface area (Å²) in [5.41, 5.74) is -1.49. The van der Waals surface area contributed by atoms with Crippen LogP contribution in [0, 0.1) is 41.4 Å². The quantitative estimate of drug-likeness (QED) is 0.173. The molecule has 10 nitrogen and oxygen atoms in total. The van der Waals surface area contributed by atoms with Gasteiger partial charge in [-0.25, -0.2) is 19.6 Å². The molecule has 0 aromatic heterocycles. The fourth-order valence-corrected chi connectivity index (χ4v) is 11.5. The van der Waals surface area contributed by atoms with Crippen molar-refractivity contribution >= 4 is 0 Å².